The summed E-state index contributed by atoms with van der Waals surface area (Å²) in [6, 6.07) is 0. The normalized spacial score (nSPS) is 26.7. The SMILES string of the molecule is C=C/C(O)=C(\C=C/C)C(=O)C1CCC(O)CC1. The molecule has 0 spiro atoms. The van der Waals surface area contributed by atoms with Crippen molar-refractivity contribution in [1.82, 2.24) is 0 Å². The van der Waals surface area contributed by atoms with E-state index in [0.29, 0.717) is 31.3 Å². The van der Waals surface area contributed by atoms with Crippen LogP contribution in [0.4, 0.5) is 0 Å². The quantitative estimate of drug-likeness (QED) is 0.448. The Morgan fingerprint density at radius 1 is 1.29 bits per heavy atom. The Labute approximate surface area is 102 Å². The number of ketones is 1. The molecule has 0 saturated heterocycles. The fourth-order valence-electron chi connectivity index (χ4n) is 2.13. The number of hydrogen-bond acceptors (Lipinski definition) is 3. The lowest BCUT2D eigenvalue weighted by Crippen LogP contribution is -2.25. The monoisotopic (exact) mass is 236 g/mol. The van der Waals surface area contributed by atoms with Crippen LogP contribution in [-0.4, -0.2) is 22.1 Å². The van der Waals surface area contributed by atoms with Crippen LogP contribution >= 0.6 is 0 Å². The van der Waals surface area contributed by atoms with E-state index in [9.17, 15) is 15.0 Å². The Kier molecular flexibility index (Phi) is 5.16. The smallest absolute Gasteiger partial charge is 0.169 e. The summed E-state index contributed by atoms with van der Waals surface area (Å²) in [4.78, 5) is 12.2. The van der Waals surface area contributed by atoms with Crippen LogP contribution in [-0.2, 0) is 4.79 Å². The summed E-state index contributed by atoms with van der Waals surface area (Å²) < 4.78 is 0. The average Bonchev–Trinajstić information content (AvgIpc) is 2.35. The molecule has 3 heteroatoms. The third kappa shape index (κ3) is 3.56. The summed E-state index contributed by atoms with van der Waals surface area (Å²) in [7, 11) is 0. The van der Waals surface area contributed by atoms with Crippen LogP contribution in [0.15, 0.2) is 36.1 Å². The first-order chi connectivity index (χ1) is 8.10. The van der Waals surface area contributed by atoms with Crippen molar-refractivity contribution in [2.75, 3.05) is 0 Å². The van der Waals surface area contributed by atoms with Crippen LogP contribution in [0.25, 0.3) is 0 Å². The molecule has 1 aliphatic carbocycles. The van der Waals surface area contributed by atoms with E-state index in [2.05, 4.69) is 6.58 Å². The third-order valence-electron chi connectivity index (χ3n) is 3.14. The van der Waals surface area contributed by atoms with Gasteiger partial charge in [0.2, 0.25) is 0 Å². The fraction of sp³-hybridized carbons (Fsp3) is 0.500. The van der Waals surface area contributed by atoms with E-state index in [4.69, 9.17) is 0 Å². The van der Waals surface area contributed by atoms with E-state index in [-0.39, 0.29) is 23.6 Å². The maximum atomic E-state index is 12.2. The van der Waals surface area contributed by atoms with Gasteiger partial charge in [0.1, 0.15) is 5.76 Å². The second-order valence-electron chi connectivity index (χ2n) is 4.37. The second-order valence-corrected chi connectivity index (χ2v) is 4.37. The van der Waals surface area contributed by atoms with E-state index >= 15 is 0 Å². The Morgan fingerprint density at radius 3 is 2.35 bits per heavy atom. The lowest BCUT2D eigenvalue weighted by Gasteiger charge is -2.24. The molecule has 0 amide bonds. The molecule has 17 heavy (non-hydrogen) atoms. The molecular formula is C14H20O3. The Balaban J connectivity index is 2.83. The predicted octanol–water partition coefficient (Wildman–Crippen LogP) is 2.68. The highest BCUT2D eigenvalue weighted by Gasteiger charge is 2.27. The molecule has 3 nitrogen and oxygen atoms in total. The molecule has 1 fully saturated rings. The summed E-state index contributed by atoms with van der Waals surface area (Å²) in [5.41, 5.74) is 0.323. The number of aliphatic hydroxyl groups excluding tert-OH is 2. The number of allylic oxidation sites excluding steroid dienone is 4. The number of rotatable bonds is 4. The zero-order chi connectivity index (χ0) is 12.8. The topological polar surface area (TPSA) is 57.5 Å². The molecular weight excluding hydrogens is 216 g/mol. The maximum Gasteiger partial charge on any atom is 0.169 e. The van der Waals surface area contributed by atoms with Crippen molar-refractivity contribution in [2.24, 2.45) is 5.92 Å². The van der Waals surface area contributed by atoms with Crippen LogP contribution in [0.1, 0.15) is 32.6 Å². The molecule has 0 atom stereocenters. The average molecular weight is 236 g/mol. The van der Waals surface area contributed by atoms with E-state index in [0.717, 1.165) is 0 Å². The Morgan fingerprint density at radius 2 is 1.88 bits per heavy atom. The summed E-state index contributed by atoms with van der Waals surface area (Å²) in [5.74, 6) is -0.210. The van der Waals surface area contributed by atoms with Gasteiger partial charge in [-0.1, -0.05) is 18.7 Å². The molecule has 2 N–H and O–H groups in total. The van der Waals surface area contributed by atoms with Gasteiger partial charge in [-0.25, -0.2) is 0 Å². The Bertz CT molecular complexity index is 344. The first-order valence-electron chi connectivity index (χ1n) is 6.00. The molecule has 94 valence electrons. The first kappa shape index (κ1) is 13.7. The van der Waals surface area contributed by atoms with Crippen molar-refractivity contribution in [1.29, 1.82) is 0 Å². The standard InChI is InChI=1S/C14H20O3/c1-3-5-12(13(16)4-2)14(17)10-6-8-11(15)9-7-10/h3-5,10-11,15-16H,2,6-9H2,1H3/b5-3-,13-12-. The molecule has 0 bridgehead atoms. The molecule has 0 aromatic heterocycles. The van der Waals surface area contributed by atoms with Gasteiger partial charge in [0.15, 0.2) is 5.78 Å². The molecule has 1 rings (SSSR count). The minimum Gasteiger partial charge on any atom is -0.507 e. The molecule has 0 unspecified atom stereocenters. The van der Waals surface area contributed by atoms with E-state index in [1.807, 2.05) is 0 Å². The predicted molar refractivity (Wildman–Crippen MR) is 67.6 cm³/mol. The van der Waals surface area contributed by atoms with Gasteiger partial charge in [-0.15, -0.1) is 0 Å². The van der Waals surface area contributed by atoms with E-state index in [1.54, 1.807) is 19.1 Å². The van der Waals surface area contributed by atoms with Crippen LogP contribution in [0, 0.1) is 5.92 Å². The summed E-state index contributed by atoms with van der Waals surface area (Å²) in [5, 5.41) is 19.0. The molecule has 0 aliphatic heterocycles. The van der Waals surface area contributed by atoms with Crippen LogP contribution in [0.2, 0.25) is 0 Å². The first-order valence-corrected chi connectivity index (χ1v) is 6.00. The van der Waals surface area contributed by atoms with Gasteiger partial charge in [-0.3, -0.25) is 4.79 Å². The zero-order valence-electron chi connectivity index (χ0n) is 10.2. The van der Waals surface area contributed by atoms with Gasteiger partial charge in [0.25, 0.3) is 0 Å². The number of Topliss-reactive ketones (excluding diaryl/α,β-unsaturated/α-hetero) is 1. The highest BCUT2D eigenvalue weighted by atomic mass is 16.3. The molecule has 1 saturated carbocycles. The van der Waals surface area contributed by atoms with Gasteiger partial charge in [0.05, 0.1) is 11.7 Å². The second kappa shape index (κ2) is 6.40. The number of aliphatic hydroxyl groups is 2. The minimum atomic E-state index is -0.277. The number of hydrogen-bond donors (Lipinski definition) is 2. The van der Waals surface area contributed by atoms with Crippen molar-refractivity contribution in [3.05, 3.63) is 36.1 Å². The van der Waals surface area contributed by atoms with Gasteiger partial charge < -0.3 is 10.2 Å². The van der Waals surface area contributed by atoms with Crippen molar-refractivity contribution in [3.63, 3.8) is 0 Å². The number of carbonyl (C=O) groups excluding carboxylic acids is 1. The summed E-state index contributed by atoms with van der Waals surface area (Å²) in [6.07, 6.45) is 7.04. The van der Waals surface area contributed by atoms with Crippen molar-refractivity contribution in [2.45, 2.75) is 38.7 Å². The van der Waals surface area contributed by atoms with E-state index < -0.39 is 0 Å². The maximum absolute atomic E-state index is 12.2. The summed E-state index contributed by atoms with van der Waals surface area (Å²) in [6.45, 7) is 5.27. The van der Waals surface area contributed by atoms with Crippen molar-refractivity contribution < 1.29 is 15.0 Å². The lowest BCUT2D eigenvalue weighted by molar-refractivity contribution is -0.120. The highest BCUT2D eigenvalue weighted by molar-refractivity contribution is 6.00. The van der Waals surface area contributed by atoms with Crippen LogP contribution in [0.5, 0.6) is 0 Å². The number of carbonyl (C=O) groups is 1. The van der Waals surface area contributed by atoms with Crippen LogP contribution in [0.3, 0.4) is 0 Å². The molecule has 0 radical (unpaired) electrons. The highest BCUT2D eigenvalue weighted by Crippen LogP contribution is 2.28. The zero-order valence-corrected chi connectivity index (χ0v) is 10.2. The largest absolute Gasteiger partial charge is 0.507 e. The molecule has 0 aromatic rings. The van der Waals surface area contributed by atoms with Gasteiger partial charge in [-0.05, 0) is 38.7 Å². The van der Waals surface area contributed by atoms with E-state index in [1.165, 1.54) is 6.08 Å². The van der Waals surface area contributed by atoms with Crippen LogP contribution < -0.4 is 0 Å². The van der Waals surface area contributed by atoms with Crippen molar-refractivity contribution in [3.8, 4) is 0 Å². The molecule has 0 heterocycles. The molecule has 0 aromatic carbocycles. The Hall–Kier alpha value is -1.35. The minimum absolute atomic E-state index is 0.0487. The molecule has 1 aliphatic rings. The van der Waals surface area contributed by atoms with Gasteiger partial charge in [0, 0.05) is 5.92 Å². The van der Waals surface area contributed by atoms with Gasteiger partial charge in [-0.2, -0.15) is 0 Å². The lowest BCUT2D eigenvalue weighted by atomic mass is 9.82. The fourth-order valence-corrected chi connectivity index (χ4v) is 2.13. The third-order valence-corrected chi connectivity index (χ3v) is 3.14. The summed E-state index contributed by atoms with van der Waals surface area (Å²) >= 11 is 0. The van der Waals surface area contributed by atoms with Crippen molar-refractivity contribution >= 4 is 5.78 Å². The van der Waals surface area contributed by atoms with Gasteiger partial charge >= 0.3 is 0 Å².